The fourth-order valence-corrected chi connectivity index (χ4v) is 12.0. The molecule has 0 aliphatic heterocycles. The van der Waals surface area contributed by atoms with E-state index in [4.69, 9.17) is 18.5 Å². The van der Waals surface area contributed by atoms with Crippen LogP contribution in [0.1, 0.15) is 335 Å². The number of phosphoric ester groups is 1. The molecule has 0 N–H and O–H groups in total. The van der Waals surface area contributed by atoms with E-state index in [0.717, 1.165) is 148 Å². The van der Waals surface area contributed by atoms with E-state index >= 15 is 0 Å². The average Bonchev–Trinajstić information content (AvgIpc) is 0.920. The zero-order valence-corrected chi connectivity index (χ0v) is 68.3. The number of nitrogens with zero attached hydrogens (tertiary/aromatic N) is 1. The third-order valence-corrected chi connectivity index (χ3v) is 18.6. The van der Waals surface area contributed by atoms with Crippen LogP contribution in [0.25, 0.3) is 0 Å². The predicted molar refractivity (Wildman–Crippen MR) is 452 cm³/mol. The molecule has 0 bridgehead atoms. The van der Waals surface area contributed by atoms with Gasteiger partial charge < -0.3 is 27.9 Å². The van der Waals surface area contributed by atoms with Crippen LogP contribution >= 0.6 is 7.82 Å². The molecule has 0 aliphatic carbocycles. The number of phosphoric acid groups is 1. The maximum absolute atomic E-state index is 12.9. The fourth-order valence-electron chi connectivity index (χ4n) is 11.3. The van der Waals surface area contributed by atoms with Gasteiger partial charge in [-0.3, -0.25) is 14.2 Å². The van der Waals surface area contributed by atoms with Gasteiger partial charge in [0.05, 0.1) is 27.7 Å². The smallest absolute Gasteiger partial charge is 0.306 e. The Bertz CT molecular complexity index is 2470. The number of likely N-dealkylation sites (N-methyl/N-ethyl adjacent to an activating group) is 1. The van der Waals surface area contributed by atoms with Gasteiger partial charge in [0.15, 0.2) is 6.10 Å². The quantitative estimate of drug-likeness (QED) is 0.0195. The van der Waals surface area contributed by atoms with Gasteiger partial charge >= 0.3 is 11.9 Å². The van der Waals surface area contributed by atoms with Crippen molar-refractivity contribution in [3.05, 3.63) is 194 Å². The van der Waals surface area contributed by atoms with Crippen molar-refractivity contribution < 1.29 is 42.1 Å². The van der Waals surface area contributed by atoms with Crippen LogP contribution < -0.4 is 4.89 Å². The van der Waals surface area contributed by atoms with E-state index in [2.05, 4.69) is 208 Å². The van der Waals surface area contributed by atoms with Gasteiger partial charge in [0.25, 0.3) is 7.82 Å². The number of hydrogen-bond donors (Lipinski definition) is 0. The molecule has 0 radical (unpaired) electrons. The van der Waals surface area contributed by atoms with Gasteiger partial charge in [-0.2, -0.15) is 0 Å². The molecule has 104 heavy (non-hydrogen) atoms. The number of carbonyl (C=O) groups excluding carboxylic acids is 2. The first-order valence-corrected chi connectivity index (χ1v) is 43.6. The summed E-state index contributed by atoms with van der Waals surface area (Å²) in [6.07, 6.45) is 127. The number of esters is 2. The van der Waals surface area contributed by atoms with Crippen molar-refractivity contribution in [2.24, 2.45) is 0 Å². The Morgan fingerprint density at radius 2 is 0.519 bits per heavy atom. The molecule has 9 nitrogen and oxygen atoms in total. The first-order chi connectivity index (χ1) is 51.0. The summed E-state index contributed by atoms with van der Waals surface area (Å²) in [4.78, 5) is 38.2. The first-order valence-electron chi connectivity index (χ1n) is 42.1. The maximum Gasteiger partial charge on any atom is 0.306 e. The number of rotatable bonds is 76. The molecular formula is C94H156NO8P. The highest BCUT2D eigenvalue weighted by atomic mass is 31.2. The van der Waals surface area contributed by atoms with Crippen LogP contribution in [0.3, 0.4) is 0 Å². The van der Waals surface area contributed by atoms with Crippen LogP contribution in [0.2, 0.25) is 0 Å². The Balaban J connectivity index is 4.01. The van der Waals surface area contributed by atoms with Crippen molar-refractivity contribution in [1.29, 1.82) is 0 Å². The highest BCUT2D eigenvalue weighted by Crippen LogP contribution is 2.38. The lowest BCUT2D eigenvalue weighted by Crippen LogP contribution is -2.37. The molecule has 0 spiro atoms. The summed E-state index contributed by atoms with van der Waals surface area (Å²) >= 11 is 0. The number of allylic oxidation sites excluding steroid dienone is 32. The molecule has 2 unspecified atom stereocenters. The van der Waals surface area contributed by atoms with E-state index in [1.54, 1.807) is 0 Å². The minimum absolute atomic E-state index is 0.0384. The van der Waals surface area contributed by atoms with Crippen molar-refractivity contribution in [2.75, 3.05) is 47.5 Å². The summed E-state index contributed by atoms with van der Waals surface area (Å²) < 4.78 is 34.4. The van der Waals surface area contributed by atoms with E-state index in [1.807, 2.05) is 21.1 Å². The summed E-state index contributed by atoms with van der Waals surface area (Å²) in [6, 6.07) is 0. The van der Waals surface area contributed by atoms with E-state index in [1.165, 1.54) is 154 Å². The molecule has 2 atom stereocenters. The Kier molecular flexibility index (Phi) is 77.9. The third kappa shape index (κ3) is 85.8. The van der Waals surface area contributed by atoms with Gasteiger partial charge in [0.2, 0.25) is 0 Å². The fraction of sp³-hybridized carbons (Fsp3) is 0.638. The molecule has 0 amide bonds. The highest BCUT2D eigenvalue weighted by Gasteiger charge is 2.22. The Morgan fingerprint density at radius 1 is 0.298 bits per heavy atom. The standard InChI is InChI=1S/C94H156NO8P/c1-6-8-10-12-14-16-18-20-22-24-26-28-30-32-34-36-38-40-42-44-46-47-49-51-53-55-57-59-61-63-65-67-69-71-73-75-77-79-81-83-85-87-94(97)103-92(91-102-104(98,99)101-89-88-95(3,4)5)90-100-93(96)86-84-82-80-78-76-74-72-70-68-66-64-62-60-58-56-54-52-50-48-45-43-41-39-37-35-33-31-29-27-25-23-21-19-17-15-13-11-9-7-2/h8-11,14-17,20-23,26-29,32-35,38-41,44,46,49,51,55,57,61,63,92H,6-7,12-13,18-19,24-25,30-31,36-37,42-43,45,47-48,50,52-54,56,58-60,62,64-91H2,1-5H3/b10-8-,11-9-,16-14-,17-15-,22-20-,23-21-,28-26-,29-27-,34-32-,35-33-,40-38-,41-39-,46-44-,51-49-,57-55-,63-61-. The highest BCUT2D eigenvalue weighted by molar-refractivity contribution is 7.45. The molecule has 0 heterocycles. The molecular weight excluding hydrogens is 1300 g/mol. The van der Waals surface area contributed by atoms with E-state index in [0.29, 0.717) is 17.4 Å². The minimum Gasteiger partial charge on any atom is -0.756 e. The Morgan fingerprint density at radius 3 is 0.769 bits per heavy atom. The van der Waals surface area contributed by atoms with Gasteiger partial charge in [-0.05, 0) is 141 Å². The second kappa shape index (κ2) is 81.9. The molecule has 0 aliphatic rings. The maximum atomic E-state index is 12.9. The molecule has 0 rings (SSSR count). The molecule has 590 valence electrons. The van der Waals surface area contributed by atoms with Crippen molar-refractivity contribution in [3.63, 3.8) is 0 Å². The minimum atomic E-state index is -4.66. The van der Waals surface area contributed by atoms with E-state index < -0.39 is 26.5 Å². The lowest BCUT2D eigenvalue weighted by atomic mass is 10.0. The third-order valence-electron chi connectivity index (χ3n) is 17.6. The normalized spacial score (nSPS) is 14.0. The van der Waals surface area contributed by atoms with E-state index in [-0.39, 0.29) is 32.0 Å². The Labute approximate surface area is 641 Å². The predicted octanol–water partition coefficient (Wildman–Crippen LogP) is 28.1. The first kappa shape index (κ1) is 98.8. The number of hydrogen-bond acceptors (Lipinski definition) is 8. The summed E-state index contributed by atoms with van der Waals surface area (Å²) in [5.41, 5.74) is 0. The number of quaternary nitrogens is 1. The lowest BCUT2D eigenvalue weighted by molar-refractivity contribution is -0.870. The van der Waals surface area contributed by atoms with E-state index in [9.17, 15) is 19.0 Å². The summed E-state index contributed by atoms with van der Waals surface area (Å²) in [5.74, 6) is -0.837. The largest absolute Gasteiger partial charge is 0.756 e. The van der Waals surface area contributed by atoms with Gasteiger partial charge in [-0.1, -0.05) is 375 Å². The molecule has 0 aromatic heterocycles. The summed E-state index contributed by atoms with van der Waals surface area (Å²) in [6.45, 7) is 4.02. The summed E-state index contributed by atoms with van der Waals surface area (Å²) in [7, 11) is 1.15. The van der Waals surface area contributed by atoms with Crippen LogP contribution in [0.5, 0.6) is 0 Å². The van der Waals surface area contributed by atoms with Gasteiger partial charge in [0.1, 0.15) is 19.8 Å². The SMILES string of the molecule is CC/C=C\C/C=C\C/C=C\C/C=C\C/C=C\C/C=C\C/C=C\C/C=C\C/C=C\C/C=C\CCCCCCCCCCCCC(=O)OC(COC(=O)CCCCCCCCCCCCCCCCCCCCCC/C=C\C/C=C\C/C=C\C/C=C\C/C=C\C/C=C\CC)COP(=O)([O-])OCC[N+](C)(C)C. The van der Waals surface area contributed by atoms with Crippen LogP contribution in [0.4, 0.5) is 0 Å². The second-order valence-corrected chi connectivity index (χ2v) is 30.1. The topological polar surface area (TPSA) is 111 Å². The summed E-state index contributed by atoms with van der Waals surface area (Å²) in [5, 5.41) is 0. The molecule has 0 aromatic rings. The van der Waals surface area contributed by atoms with Crippen LogP contribution in [0.15, 0.2) is 194 Å². The zero-order chi connectivity index (χ0) is 75.4. The molecule has 0 saturated carbocycles. The van der Waals surface area contributed by atoms with Crippen molar-refractivity contribution in [3.8, 4) is 0 Å². The zero-order valence-electron chi connectivity index (χ0n) is 67.4. The lowest BCUT2D eigenvalue weighted by Gasteiger charge is -2.28. The molecule has 0 fully saturated rings. The van der Waals surface area contributed by atoms with Crippen molar-refractivity contribution >= 4 is 19.8 Å². The van der Waals surface area contributed by atoms with Crippen molar-refractivity contribution in [2.45, 2.75) is 341 Å². The molecule has 0 aromatic carbocycles. The molecule has 10 heteroatoms. The van der Waals surface area contributed by atoms with Gasteiger partial charge in [0, 0.05) is 12.8 Å². The van der Waals surface area contributed by atoms with Crippen LogP contribution in [-0.2, 0) is 32.7 Å². The Hall–Kier alpha value is -5.15. The average molecular weight is 1460 g/mol. The van der Waals surface area contributed by atoms with Crippen molar-refractivity contribution in [1.82, 2.24) is 0 Å². The van der Waals surface area contributed by atoms with Gasteiger partial charge in [-0.15, -0.1) is 0 Å². The number of ether oxygens (including phenoxy) is 2. The van der Waals surface area contributed by atoms with Crippen LogP contribution in [0, 0.1) is 0 Å². The monoisotopic (exact) mass is 1460 g/mol. The molecule has 0 saturated heterocycles. The number of unbranched alkanes of at least 4 members (excludes halogenated alkanes) is 30. The second-order valence-electron chi connectivity index (χ2n) is 28.7. The number of carbonyl (C=O) groups is 2. The van der Waals surface area contributed by atoms with Gasteiger partial charge in [-0.25, -0.2) is 0 Å². The van der Waals surface area contributed by atoms with Crippen LogP contribution in [-0.4, -0.2) is 70.0 Å².